The van der Waals surface area contributed by atoms with Gasteiger partial charge in [-0.2, -0.15) is 22.0 Å². The van der Waals surface area contributed by atoms with E-state index < -0.39 is 24.4 Å². The molecule has 0 aliphatic rings. The molecule has 1 N–H and O–H groups in total. The normalized spacial score (nSPS) is 18.9. The molecular weight excluding hydrogens is 216 g/mol. The van der Waals surface area contributed by atoms with Crippen molar-refractivity contribution >= 4 is 0 Å². The van der Waals surface area contributed by atoms with E-state index >= 15 is 0 Å². The van der Waals surface area contributed by atoms with Crippen molar-refractivity contribution in [1.82, 2.24) is 0 Å². The van der Waals surface area contributed by atoms with Gasteiger partial charge in [-0.15, -0.1) is 0 Å². The molecule has 0 aliphatic carbocycles. The number of hydrogen-bond acceptors (Lipinski definition) is 1. The molecule has 0 aliphatic heterocycles. The molecule has 0 heterocycles. The van der Waals surface area contributed by atoms with Crippen LogP contribution in [0.15, 0.2) is 0 Å². The molecular formula is C4H2F8O. The number of alkyl halides is 8. The first-order valence-electron chi connectivity index (χ1n) is 2.58. The zero-order valence-electron chi connectivity index (χ0n) is 5.55. The van der Waals surface area contributed by atoms with Crippen molar-refractivity contribution in [3.05, 3.63) is 0 Å². The van der Waals surface area contributed by atoms with Crippen LogP contribution in [0.3, 0.4) is 0 Å². The van der Waals surface area contributed by atoms with Crippen molar-refractivity contribution < 1.29 is 40.2 Å². The molecule has 0 rings (SSSR count). The Hall–Kier alpha value is -0.600. The van der Waals surface area contributed by atoms with Crippen LogP contribution in [0.2, 0.25) is 0 Å². The van der Waals surface area contributed by atoms with E-state index in [1.807, 2.05) is 0 Å². The summed E-state index contributed by atoms with van der Waals surface area (Å²) in [4.78, 5) is 0. The average molecular weight is 218 g/mol. The van der Waals surface area contributed by atoms with E-state index in [2.05, 4.69) is 0 Å². The zero-order valence-corrected chi connectivity index (χ0v) is 5.55. The first-order valence-corrected chi connectivity index (χ1v) is 2.58. The van der Waals surface area contributed by atoms with Crippen LogP contribution in [0.25, 0.3) is 0 Å². The summed E-state index contributed by atoms with van der Waals surface area (Å²) in [6.07, 6.45) is -17.8. The summed E-state index contributed by atoms with van der Waals surface area (Å²) in [5.41, 5.74) is -6.24. The fraction of sp³-hybridized carbons (Fsp3) is 1.00. The minimum Gasteiger partial charge on any atom is -0.333 e. The molecule has 1 atom stereocenters. The maximum absolute atomic E-state index is 12.1. The minimum atomic E-state index is -6.56. The predicted molar refractivity (Wildman–Crippen MR) is 23.1 cm³/mol. The largest absolute Gasteiger partial charge is 0.437 e. The van der Waals surface area contributed by atoms with Crippen LogP contribution < -0.4 is 0 Å². The van der Waals surface area contributed by atoms with E-state index in [1.165, 1.54) is 0 Å². The lowest BCUT2D eigenvalue weighted by atomic mass is 10.1. The van der Waals surface area contributed by atoms with Gasteiger partial charge in [0.05, 0.1) is 0 Å². The van der Waals surface area contributed by atoms with Crippen LogP contribution in [-0.2, 0) is 0 Å². The molecule has 1 nitrogen and oxygen atoms in total. The lowest BCUT2D eigenvalue weighted by molar-refractivity contribution is -0.394. The van der Waals surface area contributed by atoms with Gasteiger partial charge >= 0.3 is 18.0 Å². The van der Waals surface area contributed by atoms with Gasteiger partial charge in [-0.3, -0.25) is 0 Å². The molecule has 0 radical (unpaired) electrons. The molecule has 0 fully saturated rings. The zero-order chi connectivity index (χ0) is 11.1. The highest BCUT2D eigenvalue weighted by Crippen LogP contribution is 2.47. The van der Waals surface area contributed by atoms with Gasteiger partial charge < -0.3 is 5.11 Å². The summed E-state index contributed by atoms with van der Waals surface area (Å²) in [7, 11) is 0. The van der Waals surface area contributed by atoms with Crippen molar-refractivity contribution in [2.24, 2.45) is 0 Å². The number of aliphatic hydroxyl groups is 1. The molecule has 0 saturated heterocycles. The van der Waals surface area contributed by atoms with Crippen LogP contribution in [0.1, 0.15) is 0 Å². The molecule has 0 saturated carbocycles. The molecule has 0 aromatic rings. The quantitative estimate of drug-likeness (QED) is 0.703. The molecule has 0 aromatic heterocycles. The van der Waals surface area contributed by atoms with E-state index in [1.54, 1.807) is 0 Å². The maximum atomic E-state index is 12.1. The molecule has 13 heavy (non-hydrogen) atoms. The molecule has 0 bridgehead atoms. The minimum absolute atomic E-state index is 5.08. The lowest BCUT2D eigenvalue weighted by Gasteiger charge is -2.30. The first kappa shape index (κ1) is 12.4. The van der Waals surface area contributed by atoms with Crippen LogP contribution in [0.4, 0.5) is 35.1 Å². The first-order chi connectivity index (χ1) is 5.44. The van der Waals surface area contributed by atoms with Gasteiger partial charge in [0.2, 0.25) is 0 Å². The van der Waals surface area contributed by atoms with E-state index in [0.29, 0.717) is 0 Å². The highest BCUT2D eigenvalue weighted by Gasteiger charge is 2.76. The molecule has 0 spiro atoms. The third-order valence-corrected chi connectivity index (χ3v) is 1.15. The lowest BCUT2D eigenvalue weighted by Crippen LogP contribution is -2.60. The Morgan fingerprint density at radius 1 is 0.846 bits per heavy atom. The van der Waals surface area contributed by atoms with E-state index in [0.717, 1.165) is 0 Å². The van der Waals surface area contributed by atoms with Crippen LogP contribution in [0.5, 0.6) is 0 Å². The Balaban J connectivity index is 5.22. The highest BCUT2D eigenvalue weighted by atomic mass is 19.4. The topological polar surface area (TPSA) is 20.2 Å². The molecule has 1 unspecified atom stereocenters. The molecule has 80 valence electrons. The summed E-state index contributed by atoms with van der Waals surface area (Å²) < 4.78 is 91.8. The predicted octanol–water partition coefficient (Wildman–Crippen LogP) is 2.11. The third kappa shape index (κ3) is 1.84. The standard InChI is InChI=1S/C4H2F8O/c5-1(6)2(7,3(8,9)10)4(11,12)13/h1,13H. The van der Waals surface area contributed by atoms with Gasteiger partial charge in [-0.05, 0) is 0 Å². The Labute approximate surface area is 66.0 Å². The van der Waals surface area contributed by atoms with Crippen LogP contribution >= 0.6 is 0 Å². The summed E-state index contributed by atoms with van der Waals surface area (Å²) in [5, 5.41) is 7.33. The van der Waals surface area contributed by atoms with Crippen molar-refractivity contribution in [1.29, 1.82) is 0 Å². The second-order valence-electron chi connectivity index (χ2n) is 2.05. The monoisotopic (exact) mass is 218 g/mol. The second-order valence-corrected chi connectivity index (χ2v) is 2.05. The summed E-state index contributed by atoms with van der Waals surface area (Å²) >= 11 is 0. The Bertz CT molecular complexity index is 164. The third-order valence-electron chi connectivity index (χ3n) is 1.15. The SMILES string of the molecule is OC(F)(F)C(F)(C(F)F)C(F)(F)F. The average Bonchev–Trinajstić information content (AvgIpc) is 1.80. The number of halogens is 8. The van der Waals surface area contributed by atoms with Gasteiger partial charge in [-0.1, -0.05) is 0 Å². The second kappa shape index (κ2) is 2.96. The van der Waals surface area contributed by atoms with Gasteiger partial charge in [0.25, 0.3) is 6.43 Å². The molecule has 0 aromatic carbocycles. The summed E-state index contributed by atoms with van der Waals surface area (Å²) in [6, 6.07) is 0. The Kier molecular flexibility index (Phi) is 2.83. The van der Waals surface area contributed by atoms with Crippen molar-refractivity contribution in [2.75, 3.05) is 0 Å². The molecule has 0 amide bonds. The van der Waals surface area contributed by atoms with Gasteiger partial charge in [0.15, 0.2) is 0 Å². The van der Waals surface area contributed by atoms with Crippen molar-refractivity contribution in [2.45, 2.75) is 24.4 Å². The fourth-order valence-corrected chi connectivity index (χ4v) is 0.426. The number of hydrogen-bond donors (Lipinski definition) is 1. The van der Waals surface area contributed by atoms with Crippen LogP contribution in [0, 0.1) is 0 Å². The van der Waals surface area contributed by atoms with Crippen molar-refractivity contribution in [3.63, 3.8) is 0 Å². The molecule has 9 heteroatoms. The Morgan fingerprint density at radius 2 is 1.15 bits per heavy atom. The van der Waals surface area contributed by atoms with Gasteiger partial charge in [0, 0.05) is 0 Å². The van der Waals surface area contributed by atoms with Crippen molar-refractivity contribution in [3.8, 4) is 0 Å². The van der Waals surface area contributed by atoms with Crippen LogP contribution in [-0.4, -0.2) is 29.5 Å². The highest BCUT2D eigenvalue weighted by molar-refractivity contribution is 4.96. The number of rotatable bonds is 2. The smallest absolute Gasteiger partial charge is 0.333 e. The maximum Gasteiger partial charge on any atom is 0.437 e. The fourth-order valence-electron chi connectivity index (χ4n) is 0.426. The summed E-state index contributed by atoms with van der Waals surface area (Å²) in [6.45, 7) is 0. The van der Waals surface area contributed by atoms with Gasteiger partial charge in [-0.25, -0.2) is 13.2 Å². The van der Waals surface area contributed by atoms with E-state index in [9.17, 15) is 35.1 Å². The Morgan fingerprint density at radius 3 is 1.15 bits per heavy atom. The van der Waals surface area contributed by atoms with Gasteiger partial charge in [0.1, 0.15) is 0 Å². The van der Waals surface area contributed by atoms with E-state index in [4.69, 9.17) is 5.11 Å². The summed E-state index contributed by atoms with van der Waals surface area (Å²) in [5.74, 6) is 0. The van der Waals surface area contributed by atoms with E-state index in [-0.39, 0.29) is 0 Å².